The van der Waals surface area contributed by atoms with Gasteiger partial charge in [0, 0.05) is 17.5 Å². The summed E-state index contributed by atoms with van der Waals surface area (Å²) in [4.78, 5) is 1.42. The minimum absolute atomic E-state index is 0.634. The third-order valence-electron chi connectivity index (χ3n) is 2.36. The molecule has 0 radical (unpaired) electrons. The van der Waals surface area contributed by atoms with Crippen LogP contribution in [0, 0.1) is 0 Å². The van der Waals surface area contributed by atoms with Crippen molar-refractivity contribution >= 4 is 11.3 Å². The van der Waals surface area contributed by atoms with Crippen molar-refractivity contribution in [3.8, 4) is 0 Å². The van der Waals surface area contributed by atoms with Crippen molar-refractivity contribution in [2.45, 2.75) is 38.8 Å². The van der Waals surface area contributed by atoms with Crippen LogP contribution >= 0.6 is 11.3 Å². The first kappa shape index (κ1) is 11.5. The SMILES string of the molecule is C=CCCC(CC)NCc1cccs1. The quantitative estimate of drug-likeness (QED) is 0.677. The topological polar surface area (TPSA) is 12.0 Å². The van der Waals surface area contributed by atoms with Crippen LogP contribution in [0.5, 0.6) is 0 Å². The molecule has 0 aliphatic rings. The lowest BCUT2D eigenvalue weighted by atomic mass is 10.1. The Kier molecular flexibility index (Phi) is 5.57. The first-order chi connectivity index (χ1) is 6.86. The zero-order valence-electron chi connectivity index (χ0n) is 8.83. The predicted molar refractivity (Wildman–Crippen MR) is 64.7 cm³/mol. The van der Waals surface area contributed by atoms with Crippen LogP contribution < -0.4 is 5.32 Å². The van der Waals surface area contributed by atoms with E-state index in [1.807, 2.05) is 17.4 Å². The summed E-state index contributed by atoms with van der Waals surface area (Å²) in [5.41, 5.74) is 0. The monoisotopic (exact) mass is 209 g/mol. The average Bonchev–Trinajstić information content (AvgIpc) is 2.71. The predicted octanol–water partition coefficient (Wildman–Crippen LogP) is 3.58. The van der Waals surface area contributed by atoms with Crippen LogP contribution in [0.15, 0.2) is 30.2 Å². The van der Waals surface area contributed by atoms with Gasteiger partial charge in [0.25, 0.3) is 0 Å². The van der Waals surface area contributed by atoms with Crippen molar-refractivity contribution in [1.82, 2.24) is 5.32 Å². The zero-order chi connectivity index (χ0) is 10.2. The van der Waals surface area contributed by atoms with Crippen LogP contribution in [0.3, 0.4) is 0 Å². The minimum Gasteiger partial charge on any atom is -0.309 e. The van der Waals surface area contributed by atoms with Crippen molar-refractivity contribution in [2.24, 2.45) is 0 Å². The largest absolute Gasteiger partial charge is 0.309 e. The molecule has 0 bridgehead atoms. The first-order valence-corrected chi connectivity index (χ1v) is 6.11. The molecule has 0 aromatic carbocycles. The Morgan fingerprint density at radius 3 is 3.07 bits per heavy atom. The summed E-state index contributed by atoms with van der Waals surface area (Å²) < 4.78 is 0. The van der Waals surface area contributed by atoms with Gasteiger partial charge >= 0.3 is 0 Å². The Bertz CT molecular complexity index is 241. The second-order valence-electron chi connectivity index (χ2n) is 3.43. The first-order valence-electron chi connectivity index (χ1n) is 5.23. The maximum absolute atomic E-state index is 3.75. The summed E-state index contributed by atoms with van der Waals surface area (Å²) in [5, 5.41) is 5.70. The molecule has 0 aliphatic carbocycles. The van der Waals surface area contributed by atoms with Gasteiger partial charge in [-0.1, -0.05) is 19.1 Å². The molecule has 1 heterocycles. The lowest BCUT2D eigenvalue weighted by Crippen LogP contribution is -2.27. The van der Waals surface area contributed by atoms with Gasteiger partial charge in [0.2, 0.25) is 0 Å². The van der Waals surface area contributed by atoms with Gasteiger partial charge in [-0.25, -0.2) is 0 Å². The van der Waals surface area contributed by atoms with Crippen molar-refractivity contribution in [2.75, 3.05) is 0 Å². The summed E-state index contributed by atoms with van der Waals surface area (Å²) in [6.07, 6.45) is 5.50. The van der Waals surface area contributed by atoms with E-state index in [2.05, 4.69) is 36.3 Å². The maximum atomic E-state index is 3.75. The van der Waals surface area contributed by atoms with Gasteiger partial charge < -0.3 is 5.32 Å². The van der Waals surface area contributed by atoms with Crippen LogP contribution in [-0.2, 0) is 6.54 Å². The van der Waals surface area contributed by atoms with E-state index in [0.29, 0.717) is 6.04 Å². The standard InChI is InChI=1S/C12H19NS/c1-3-5-7-11(4-2)13-10-12-8-6-9-14-12/h3,6,8-9,11,13H,1,4-5,7,10H2,2H3. The third-order valence-corrected chi connectivity index (χ3v) is 3.23. The van der Waals surface area contributed by atoms with Crippen LogP contribution in [-0.4, -0.2) is 6.04 Å². The Morgan fingerprint density at radius 1 is 1.64 bits per heavy atom. The Balaban J connectivity index is 2.23. The van der Waals surface area contributed by atoms with Gasteiger partial charge in [-0.2, -0.15) is 0 Å². The van der Waals surface area contributed by atoms with E-state index in [-0.39, 0.29) is 0 Å². The highest BCUT2D eigenvalue weighted by Gasteiger charge is 2.04. The van der Waals surface area contributed by atoms with Gasteiger partial charge in [-0.05, 0) is 30.7 Å². The van der Waals surface area contributed by atoms with Crippen molar-refractivity contribution in [3.63, 3.8) is 0 Å². The summed E-state index contributed by atoms with van der Waals surface area (Å²) in [6.45, 7) is 6.99. The molecule has 0 fully saturated rings. The number of hydrogen-bond acceptors (Lipinski definition) is 2. The highest BCUT2D eigenvalue weighted by Crippen LogP contribution is 2.09. The molecule has 0 aliphatic heterocycles. The molecule has 0 saturated carbocycles. The van der Waals surface area contributed by atoms with E-state index in [1.165, 1.54) is 17.7 Å². The molecule has 0 saturated heterocycles. The maximum Gasteiger partial charge on any atom is 0.0302 e. The minimum atomic E-state index is 0.634. The fourth-order valence-electron chi connectivity index (χ4n) is 1.43. The highest BCUT2D eigenvalue weighted by atomic mass is 32.1. The molecule has 1 unspecified atom stereocenters. The van der Waals surface area contributed by atoms with Crippen molar-refractivity contribution < 1.29 is 0 Å². The smallest absolute Gasteiger partial charge is 0.0302 e. The molecule has 0 amide bonds. The fourth-order valence-corrected chi connectivity index (χ4v) is 2.08. The molecule has 0 spiro atoms. The van der Waals surface area contributed by atoms with E-state index in [9.17, 15) is 0 Å². The molecule has 14 heavy (non-hydrogen) atoms. The molecule has 1 nitrogen and oxygen atoms in total. The zero-order valence-corrected chi connectivity index (χ0v) is 9.65. The Labute approximate surface area is 90.9 Å². The van der Waals surface area contributed by atoms with Crippen molar-refractivity contribution in [1.29, 1.82) is 0 Å². The third kappa shape index (κ3) is 4.07. The number of allylic oxidation sites excluding steroid dienone is 1. The van der Waals surface area contributed by atoms with Gasteiger partial charge in [0.15, 0.2) is 0 Å². The summed E-state index contributed by atoms with van der Waals surface area (Å²) in [7, 11) is 0. The van der Waals surface area contributed by atoms with Gasteiger partial charge in [0.05, 0.1) is 0 Å². The average molecular weight is 209 g/mol. The number of rotatable bonds is 7. The summed E-state index contributed by atoms with van der Waals surface area (Å²) in [6, 6.07) is 4.92. The number of hydrogen-bond donors (Lipinski definition) is 1. The molecule has 2 heteroatoms. The molecule has 78 valence electrons. The second-order valence-corrected chi connectivity index (χ2v) is 4.46. The Hall–Kier alpha value is -0.600. The van der Waals surface area contributed by atoms with Gasteiger partial charge in [-0.15, -0.1) is 17.9 Å². The van der Waals surface area contributed by atoms with Gasteiger partial charge in [0.1, 0.15) is 0 Å². The molecule has 1 atom stereocenters. The molecule has 1 aromatic heterocycles. The summed E-state index contributed by atoms with van der Waals surface area (Å²) >= 11 is 1.82. The van der Waals surface area contributed by atoms with E-state index >= 15 is 0 Å². The summed E-state index contributed by atoms with van der Waals surface area (Å²) in [5.74, 6) is 0. The normalized spacial score (nSPS) is 12.6. The molecule has 1 rings (SSSR count). The highest BCUT2D eigenvalue weighted by molar-refractivity contribution is 7.09. The number of thiophene rings is 1. The molecular weight excluding hydrogens is 190 g/mol. The number of nitrogens with one attached hydrogen (secondary N) is 1. The molecule has 1 aromatic rings. The fraction of sp³-hybridized carbons (Fsp3) is 0.500. The van der Waals surface area contributed by atoms with Gasteiger partial charge in [-0.3, -0.25) is 0 Å². The Morgan fingerprint density at radius 2 is 2.50 bits per heavy atom. The lowest BCUT2D eigenvalue weighted by molar-refractivity contribution is 0.472. The van der Waals surface area contributed by atoms with Crippen LogP contribution in [0.2, 0.25) is 0 Å². The molecule has 1 N–H and O–H groups in total. The van der Waals surface area contributed by atoms with Crippen molar-refractivity contribution in [3.05, 3.63) is 35.0 Å². The van der Waals surface area contributed by atoms with E-state index in [0.717, 1.165) is 13.0 Å². The van der Waals surface area contributed by atoms with E-state index in [1.54, 1.807) is 0 Å². The second kappa shape index (κ2) is 6.80. The van der Waals surface area contributed by atoms with Crippen LogP contribution in [0.25, 0.3) is 0 Å². The van der Waals surface area contributed by atoms with E-state index in [4.69, 9.17) is 0 Å². The lowest BCUT2D eigenvalue weighted by Gasteiger charge is -2.15. The van der Waals surface area contributed by atoms with Crippen LogP contribution in [0.1, 0.15) is 31.1 Å². The van der Waals surface area contributed by atoms with E-state index < -0.39 is 0 Å². The molecular formula is C12H19NS. The van der Waals surface area contributed by atoms with Crippen LogP contribution in [0.4, 0.5) is 0 Å².